The molecular formula is C11H17N5O. The molecule has 6 nitrogen and oxygen atoms in total. The second-order valence-electron chi connectivity index (χ2n) is 4.10. The molecule has 1 N–H and O–H groups in total. The minimum Gasteiger partial charge on any atom is -0.315 e. The molecule has 1 unspecified atom stereocenters. The van der Waals surface area contributed by atoms with Crippen LogP contribution >= 0.6 is 0 Å². The molecule has 2 heterocycles. The summed E-state index contributed by atoms with van der Waals surface area (Å²) in [7, 11) is 3.68. The van der Waals surface area contributed by atoms with E-state index in [0.717, 1.165) is 6.42 Å². The Morgan fingerprint density at radius 1 is 1.53 bits per heavy atom. The molecule has 0 aliphatic carbocycles. The zero-order chi connectivity index (χ0) is 12.4. The van der Waals surface area contributed by atoms with Gasteiger partial charge in [-0.2, -0.15) is 5.10 Å². The van der Waals surface area contributed by atoms with E-state index in [0.29, 0.717) is 17.6 Å². The Labute approximate surface area is 99.3 Å². The first-order valence-electron chi connectivity index (χ1n) is 5.71. The summed E-state index contributed by atoms with van der Waals surface area (Å²) in [5, 5.41) is 7.79. The molecule has 17 heavy (non-hydrogen) atoms. The number of rotatable bonds is 4. The fourth-order valence-electron chi connectivity index (χ4n) is 1.86. The first-order valence-corrected chi connectivity index (χ1v) is 5.71. The third-order valence-electron chi connectivity index (χ3n) is 3.04. The van der Waals surface area contributed by atoms with Crippen LogP contribution in [-0.2, 0) is 13.6 Å². The molecule has 0 aromatic carbocycles. The van der Waals surface area contributed by atoms with E-state index in [1.807, 2.05) is 7.05 Å². The van der Waals surface area contributed by atoms with E-state index in [1.54, 1.807) is 28.8 Å². The molecule has 0 spiro atoms. The molecule has 0 saturated heterocycles. The van der Waals surface area contributed by atoms with Crippen molar-refractivity contribution in [2.45, 2.75) is 25.9 Å². The second-order valence-corrected chi connectivity index (χ2v) is 4.10. The van der Waals surface area contributed by atoms with E-state index in [-0.39, 0.29) is 11.6 Å². The summed E-state index contributed by atoms with van der Waals surface area (Å²) in [4.78, 5) is 16.4. The van der Waals surface area contributed by atoms with Crippen molar-refractivity contribution in [2.75, 3.05) is 7.05 Å². The Morgan fingerprint density at radius 2 is 2.29 bits per heavy atom. The van der Waals surface area contributed by atoms with Crippen LogP contribution in [0.3, 0.4) is 0 Å². The molecular weight excluding hydrogens is 218 g/mol. The molecule has 0 amide bonds. The number of aryl methyl sites for hydroxylation is 1. The predicted octanol–water partition coefficient (Wildman–Crippen LogP) is 0.128. The molecule has 0 bridgehead atoms. The average Bonchev–Trinajstić information content (AvgIpc) is 2.71. The van der Waals surface area contributed by atoms with Crippen LogP contribution in [0.1, 0.15) is 13.3 Å². The standard InChI is InChI=1S/C11H17N5O/c1-4-8(12-2)6-16-7-13-10-9(11(16)17)5-14-15(10)3/h5,7-8,12H,4,6H2,1-3H3. The molecule has 92 valence electrons. The first kappa shape index (κ1) is 11.8. The van der Waals surface area contributed by atoms with Gasteiger partial charge < -0.3 is 5.32 Å². The monoisotopic (exact) mass is 235 g/mol. The quantitative estimate of drug-likeness (QED) is 0.818. The summed E-state index contributed by atoms with van der Waals surface area (Å²) < 4.78 is 3.24. The van der Waals surface area contributed by atoms with Gasteiger partial charge in [0.15, 0.2) is 5.65 Å². The highest BCUT2D eigenvalue weighted by molar-refractivity contribution is 5.72. The SMILES string of the molecule is CCC(Cn1cnc2c(cnn2C)c1=O)NC. The van der Waals surface area contributed by atoms with Crippen molar-refractivity contribution >= 4 is 11.0 Å². The minimum absolute atomic E-state index is 0.0307. The fraction of sp³-hybridized carbons (Fsp3) is 0.545. The van der Waals surface area contributed by atoms with Crippen molar-refractivity contribution in [3.63, 3.8) is 0 Å². The van der Waals surface area contributed by atoms with Gasteiger partial charge in [-0.25, -0.2) is 4.98 Å². The smallest absolute Gasteiger partial charge is 0.264 e. The van der Waals surface area contributed by atoms with Gasteiger partial charge in [0.1, 0.15) is 11.7 Å². The van der Waals surface area contributed by atoms with Crippen LogP contribution < -0.4 is 10.9 Å². The number of nitrogens with zero attached hydrogens (tertiary/aromatic N) is 4. The first-order chi connectivity index (χ1) is 8.17. The third kappa shape index (κ3) is 2.08. The van der Waals surface area contributed by atoms with Gasteiger partial charge in [0.05, 0.1) is 6.20 Å². The zero-order valence-electron chi connectivity index (χ0n) is 10.3. The number of nitrogens with one attached hydrogen (secondary N) is 1. The van der Waals surface area contributed by atoms with Crippen LogP contribution in [0.15, 0.2) is 17.3 Å². The maximum atomic E-state index is 12.2. The zero-order valence-corrected chi connectivity index (χ0v) is 10.3. The van der Waals surface area contributed by atoms with Crippen molar-refractivity contribution in [1.82, 2.24) is 24.6 Å². The fourth-order valence-corrected chi connectivity index (χ4v) is 1.86. The summed E-state index contributed by atoms with van der Waals surface area (Å²) in [5.41, 5.74) is 0.598. The lowest BCUT2D eigenvalue weighted by Gasteiger charge is -2.14. The Bertz CT molecular complexity index is 567. The predicted molar refractivity (Wildman–Crippen MR) is 65.9 cm³/mol. The van der Waals surface area contributed by atoms with Gasteiger partial charge in [-0.3, -0.25) is 14.0 Å². The Hall–Kier alpha value is -1.69. The maximum absolute atomic E-state index is 12.2. The molecule has 0 radical (unpaired) electrons. The molecule has 6 heteroatoms. The summed E-state index contributed by atoms with van der Waals surface area (Å²) in [6.45, 7) is 2.71. The van der Waals surface area contributed by atoms with Crippen LogP contribution in [0, 0.1) is 0 Å². The number of aromatic nitrogens is 4. The van der Waals surface area contributed by atoms with E-state index in [4.69, 9.17) is 0 Å². The average molecular weight is 235 g/mol. The molecule has 2 aromatic heterocycles. The highest BCUT2D eigenvalue weighted by Crippen LogP contribution is 2.03. The Balaban J connectivity index is 2.43. The van der Waals surface area contributed by atoms with E-state index >= 15 is 0 Å². The molecule has 0 fully saturated rings. The summed E-state index contributed by atoms with van der Waals surface area (Å²) >= 11 is 0. The molecule has 2 rings (SSSR count). The highest BCUT2D eigenvalue weighted by atomic mass is 16.1. The highest BCUT2D eigenvalue weighted by Gasteiger charge is 2.10. The van der Waals surface area contributed by atoms with E-state index in [2.05, 4.69) is 22.3 Å². The van der Waals surface area contributed by atoms with Gasteiger partial charge in [0.25, 0.3) is 5.56 Å². The van der Waals surface area contributed by atoms with E-state index < -0.39 is 0 Å². The van der Waals surface area contributed by atoms with Crippen molar-refractivity contribution in [1.29, 1.82) is 0 Å². The second kappa shape index (κ2) is 4.67. The Morgan fingerprint density at radius 3 is 2.94 bits per heavy atom. The largest absolute Gasteiger partial charge is 0.315 e. The summed E-state index contributed by atoms with van der Waals surface area (Å²) in [6, 6.07) is 0.281. The van der Waals surface area contributed by atoms with Crippen LogP contribution in [-0.4, -0.2) is 32.4 Å². The minimum atomic E-state index is -0.0307. The van der Waals surface area contributed by atoms with Crippen LogP contribution in [0.2, 0.25) is 0 Å². The van der Waals surface area contributed by atoms with Crippen LogP contribution in [0.25, 0.3) is 11.0 Å². The maximum Gasteiger partial charge on any atom is 0.264 e. The lowest BCUT2D eigenvalue weighted by molar-refractivity contribution is 0.459. The van der Waals surface area contributed by atoms with Crippen molar-refractivity contribution in [3.8, 4) is 0 Å². The lowest BCUT2D eigenvalue weighted by atomic mass is 10.2. The van der Waals surface area contributed by atoms with Gasteiger partial charge in [-0.05, 0) is 13.5 Å². The van der Waals surface area contributed by atoms with Gasteiger partial charge in [-0.15, -0.1) is 0 Å². The molecule has 0 aliphatic heterocycles. The number of fused-ring (bicyclic) bond motifs is 1. The molecule has 2 aromatic rings. The van der Waals surface area contributed by atoms with Crippen molar-refractivity contribution in [2.24, 2.45) is 7.05 Å². The number of hydrogen-bond donors (Lipinski definition) is 1. The van der Waals surface area contributed by atoms with Gasteiger partial charge in [0.2, 0.25) is 0 Å². The Kier molecular flexibility index (Phi) is 3.23. The molecule has 0 aliphatic rings. The number of likely N-dealkylation sites (N-methyl/N-ethyl adjacent to an activating group) is 1. The lowest BCUT2D eigenvalue weighted by Crippen LogP contribution is -2.34. The third-order valence-corrected chi connectivity index (χ3v) is 3.04. The number of hydrogen-bond acceptors (Lipinski definition) is 4. The van der Waals surface area contributed by atoms with Crippen LogP contribution in [0.4, 0.5) is 0 Å². The summed E-state index contributed by atoms with van der Waals surface area (Å²) in [5.74, 6) is 0. The van der Waals surface area contributed by atoms with Gasteiger partial charge in [-0.1, -0.05) is 6.92 Å². The van der Waals surface area contributed by atoms with E-state index in [1.165, 1.54) is 0 Å². The molecule has 0 saturated carbocycles. The van der Waals surface area contributed by atoms with Gasteiger partial charge >= 0.3 is 0 Å². The van der Waals surface area contributed by atoms with Crippen molar-refractivity contribution in [3.05, 3.63) is 22.9 Å². The summed E-state index contributed by atoms with van der Waals surface area (Å²) in [6.07, 6.45) is 4.13. The topological polar surface area (TPSA) is 64.7 Å². The van der Waals surface area contributed by atoms with E-state index in [9.17, 15) is 4.79 Å². The molecule has 1 atom stereocenters. The normalized spacial score (nSPS) is 13.1. The van der Waals surface area contributed by atoms with Crippen molar-refractivity contribution < 1.29 is 0 Å². The van der Waals surface area contributed by atoms with Crippen LogP contribution in [0.5, 0.6) is 0 Å². The van der Waals surface area contributed by atoms with Gasteiger partial charge in [0, 0.05) is 19.6 Å².